The van der Waals surface area contributed by atoms with E-state index in [1.807, 2.05) is 0 Å². The molecule has 0 radical (unpaired) electrons. The van der Waals surface area contributed by atoms with Crippen molar-refractivity contribution in [3.8, 4) is 0 Å². The second-order valence-corrected chi connectivity index (χ2v) is 7.00. The minimum atomic E-state index is -0.706. The highest BCUT2D eigenvalue weighted by atomic mass is 16.5. The average Bonchev–Trinajstić information content (AvgIpc) is 3.03. The minimum Gasteiger partial charge on any atom is -0.382 e. The lowest BCUT2D eigenvalue weighted by Crippen LogP contribution is -2.54. The molecule has 0 aromatic heterocycles. The molecule has 2 aliphatic rings. The molecule has 1 fully saturated rings. The topological polar surface area (TPSA) is 132 Å². The first-order valence-electron chi connectivity index (χ1n) is 10.3. The summed E-state index contributed by atoms with van der Waals surface area (Å²) < 4.78 is 15.7. The number of rotatable bonds is 13. The predicted octanol–water partition coefficient (Wildman–Crippen LogP) is 0.397. The summed E-state index contributed by atoms with van der Waals surface area (Å²) >= 11 is 0. The number of fused-ring (bicyclic) bond motifs is 1. The fraction of sp³-hybridized carbons (Fsp3) is 0.476. The number of nitrogens with one attached hydrogen (secondary N) is 1. The van der Waals surface area contributed by atoms with Crippen molar-refractivity contribution in [1.29, 1.82) is 0 Å². The number of carbonyl (C=O) groups excluding carboxylic acids is 5. The molecule has 2 heterocycles. The number of aldehydes is 1. The normalized spacial score (nSPS) is 16.0. The molecule has 0 spiro atoms. The maximum atomic E-state index is 13.0. The Kier molecular flexibility index (Phi) is 8.42. The van der Waals surface area contributed by atoms with E-state index in [1.165, 1.54) is 6.07 Å². The fourth-order valence-corrected chi connectivity index (χ4v) is 3.40. The lowest BCUT2D eigenvalue weighted by atomic mass is 10.1. The van der Waals surface area contributed by atoms with Crippen LogP contribution in [0.3, 0.4) is 0 Å². The number of imide groups is 2. The first kappa shape index (κ1) is 23.5. The van der Waals surface area contributed by atoms with Crippen LogP contribution in [0.1, 0.15) is 40.0 Å². The van der Waals surface area contributed by atoms with E-state index >= 15 is 0 Å². The number of piperidine rings is 1. The molecule has 32 heavy (non-hydrogen) atoms. The van der Waals surface area contributed by atoms with Crippen LogP contribution in [-0.2, 0) is 28.6 Å². The Hall–Kier alpha value is -3.15. The number of anilines is 1. The van der Waals surface area contributed by atoms with Gasteiger partial charge >= 0.3 is 0 Å². The summed E-state index contributed by atoms with van der Waals surface area (Å²) in [5, 5.41) is 4.38. The molecule has 1 aromatic carbocycles. The summed E-state index contributed by atoms with van der Waals surface area (Å²) in [5.41, 5.74) is 0.687. The van der Waals surface area contributed by atoms with Crippen molar-refractivity contribution >= 4 is 35.6 Å². The van der Waals surface area contributed by atoms with Crippen molar-refractivity contribution in [3.05, 3.63) is 29.3 Å². The molecule has 0 unspecified atom stereocenters. The molecule has 3 rings (SSSR count). The number of carbonyl (C=O) groups is 5. The monoisotopic (exact) mass is 447 g/mol. The Balaban J connectivity index is 1.49. The van der Waals surface area contributed by atoms with Crippen LogP contribution >= 0.6 is 0 Å². The van der Waals surface area contributed by atoms with Gasteiger partial charge in [-0.3, -0.25) is 19.2 Å². The van der Waals surface area contributed by atoms with Gasteiger partial charge in [0.15, 0.2) is 0 Å². The van der Waals surface area contributed by atoms with E-state index in [0.29, 0.717) is 68.0 Å². The molecule has 11 heteroatoms. The summed E-state index contributed by atoms with van der Waals surface area (Å²) in [6.45, 7) is 2.15. The van der Waals surface area contributed by atoms with Crippen molar-refractivity contribution in [2.24, 2.45) is 0 Å². The van der Waals surface area contributed by atoms with Crippen LogP contribution in [0, 0.1) is 0 Å². The third-order valence-electron chi connectivity index (χ3n) is 4.84. The first-order valence-corrected chi connectivity index (χ1v) is 10.3. The van der Waals surface area contributed by atoms with E-state index in [1.54, 1.807) is 12.1 Å². The molecule has 0 aliphatic carbocycles. The molecule has 1 aromatic rings. The first-order chi connectivity index (χ1) is 15.6. The molecular formula is C21H25N3O8. The van der Waals surface area contributed by atoms with Crippen LogP contribution in [0.2, 0.25) is 0 Å². The number of hydrogen-bond acceptors (Lipinski definition) is 9. The summed E-state index contributed by atoms with van der Waals surface area (Å²) in [6.07, 6.45) is 1.29. The van der Waals surface area contributed by atoms with Crippen LogP contribution in [0.5, 0.6) is 0 Å². The molecule has 2 aliphatic heterocycles. The molecular weight excluding hydrogens is 422 g/mol. The smallest absolute Gasteiger partial charge is 0.283 e. The number of benzene rings is 1. The number of hydrazine groups is 1. The zero-order chi connectivity index (χ0) is 22.9. The highest BCUT2D eigenvalue weighted by Crippen LogP contribution is 2.31. The van der Waals surface area contributed by atoms with Gasteiger partial charge in [0.25, 0.3) is 11.8 Å². The highest BCUT2D eigenvalue weighted by molar-refractivity contribution is 6.25. The van der Waals surface area contributed by atoms with Crippen molar-refractivity contribution in [2.45, 2.75) is 19.3 Å². The number of nitrogens with zero attached hydrogens (tertiary/aromatic N) is 2. The Morgan fingerprint density at radius 2 is 1.50 bits per heavy atom. The van der Waals surface area contributed by atoms with E-state index in [2.05, 4.69) is 5.32 Å². The number of ether oxygens (including phenoxy) is 3. The van der Waals surface area contributed by atoms with Crippen LogP contribution in [-0.4, -0.2) is 86.1 Å². The van der Waals surface area contributed by atoms with Crippen molar-refractivity contribution in [3.63, 3.8) is 0 Å². The van der Waals surface area contributed by atoms with E-state index in [9.17, 15) is 24.0 Å². The Labute approximate surface area is 184 Å². The minimum absolute atomic E-state index is 0.0468. The highest BCUT2D eigenvalue weighted by Gasteiger charge is 2.46. The molecule has 4 amide bonds. The lowest BCUT2D eigenvalue weighted by Gasteiger charge is -2.30. The van der Waals surface area contributed by atoms with Crippen molar-refractivity contribution in [1.82, 2.24) is 10.0 Å². The molecule has 11 nitrogen and oxygen atoms in total. The quantitative estimate of drug-likeness (QED) is 0.259. The van der Waals surface area contributed by atoms with E-state index in [0.717, 1.165) is 0 Å². The van der Waals surface area contributed by atoms with E-state index in [-0.39, 0.29) is 30.6 Å². The SMILES string of the molecule is O=CCOCCOCCOCCNc1cccc2c1C(=O)N(N1C(=O)CCCC1=O)C2=O. The van der Waals surface area contributed by atoms with Gasteiger partial charge in [0.1, 0.15) is 12.9 Å². The Morgan fingerprint density at radius 1 is 0.844 bits per heavy atom. The fourth-order valence-electron chi connectivity index (χ4n) is 3.40. The summed E-state index contributed by atoms with van der Waals surface area (Å²) in [4.78, 5) is 60.2. The van der Waals surface area contributed by atoms with Gasteiger partial charge in [-0.05, 0) is 18.6 Å². The van der Waals surface area contributed by atoms with Crippen molar-refractivity contribution in [2.75, 3.05) is 51.5 Å². The molecule has 172 valence electrons. The summed E-state index contributed by atoms with van der Waals surface area (Å²) in [5.74, 6) is -2.52. The van der Waals surface area contributed by atoms with Crippen LogP contribution in [0.4, 0.5) is 5.69 Å². The maximum Gasteiger partial charge on any atom is 0.283 e. The van der Waals surface area contributed by atoms with Gasteiger partial charge in [-0.15, -0.1) is 0 Å². The Morgan fingerprint density at radius 3 is 2.19 bits per heavy atom. The van der Waals surface area contributed by atoms with Gasteiger partial charge in [-0.1, -0.05) is 6.07 Å². The molecule has 1 saturated heterocycles. The molecule has 0 bridgehead atoms. The zero-order valence-electron chi connectivity index (χ0n) is 17.5. The Bertz CT molecular complexity index is 872. The van der Waals surface area contributed by atoms with Crippen LogP contribution < -0.4 is 5.32 Å². The molecule has 0 saturated carbocycles. The molecule has 0 atom stereocenters. The van der Waals surface area contributed by atoms with E-state index in [4.69, 9.17) is 14.2 Å². The number of amides is 4. The van der Waals surface area contributed by atoms with Gasteiger partial charge in [0.05, 0.1) is 44.2 Å². The zero-order valence-corrected chi connectivity index (χ0v) is 17.5. The predicted molar refractivity (Wildman–Crippen MR) is 110 cm³/mol. The van der Waals surface area contributed by atoms with Gasteiger partial charge in [-0.2, -0.15) is 10.0 Å². The average molecular weight is 447 g/mol. The van der Waals surface area contributed by atoms with Gasteiger partial charge in [-0.25, -0.2) is 0 Å². The summed E-state index contributed by atoms with van der Waals surface area (Å²) in [6, 6.07) is 4.76. The van der Waals surface area contributed by atoms with Gasteiger partial charge < -0.3 is 24.3 Å². The largest absolute Gasteiger partial charge is 0.382 e. The van der Waals surface area contributed by atoms with Crippen LogP contribution in [0.15, 0.2) is 18.2 Å². The second-order valence-electron chi connectivity index (χ2n) is 7.00. The summed E-state index contributed by atoms with van der Waals surface area (Å²) in [7, 11) is 0. The van der Waals surface area contributed by atoms with E-state index < -0.39 is 23.6 Å². The van der Waals surface area contributed by atoms with Crippen molar-refractivity contribution < 1.29 is 38.2 Å². The third-order valence-corrected chi connectivity index (χ3v) is 4.84. The number of hydrogen-bond donors (Lipinski definition) is 1. The lowest BCUT2D eigenvalue weighted by molar-refractivity contribution is -0.160. The van der Waals surface area contributed by atoms with Crippen LogP contribution in [0.25, 0.3) is 0 Å². The third kappa shape index (κ3) is 5.36. The second kappa shape index (κ2) is 11.5. The van der Waals surface area contributed by atoms with Gasteiger partial charge in [0, 0.05) is 25.1 Å². The van der Waals surface area contributed by atoms with Gasteiger partial charge in [0.2, 0.25) is 11.8 Å². The molecule has 1 N–H and O–H groups in total. The maximum absolute atomic E-state index is 13.0. The standard InChI is InChI=1S/C21H25N3O8/c25-8-10-31-12-14-32-13-11-30-9-7-22-16-4-1-3-15-19(16)21(29)24(20(15)28)23-17(26)5-2-6-18(23)27/h1,3-4,8,22H,2,5-7,9-14H2.